The Bertz CT molecular complexity index is 633. The number of benzene rings is 2. The van der Waals surface area contributed by atoms with Crippen molar-refractivity contribution in [2.75, 3.05) is 28.4 Å². The standard InChI is InChI=1S/C20H24O4/c1-21-17-11-9-15(13-19(17)23-3)7-5-6-8-16-10-12-18(22-2)20(14-16)24-4/h5-6,9-14H,7-8H2,1-4H3/b6-5-. The maximum Gasteiger partial charge on any atom is 0.160 e. The van der Waals surface area contributed by atoms with Crippen LogP contribution in [-0.4, -0.2) is 28.4 Å². The van der Waals surface area contributed by atoms with Gasteiger partial charge < -0.3 is 18.9 Å². The Morgan fingerprint density at radius 2 is 0.958 bits per heavy atom. The molecule has 0 aliphatic heterocycles. The third kappa shape index (κ3) is 4.44. The Labute approximate surface area is 143 Å². The Hall–Kier alpha value is -2.62. The van der Waals surface area contributed by atoms with Crippen LogP contribution in [-0.2, 0) is 12.8 Å². The monoisotopic (exact) mass is 328 g/mol. The molecule has 128 valence electrons. The highest BCUT2D eigenvalue weighted by molar-refractivity contribution is 5.44. The minimum Gasteiger partial charge on any atom is -0.493 e. The van der Waals surface area contributed by atoms with Crippen molar-refractivity contribution in [3.8, 4) is 23.0 Å². The van der Waals surface area contributed by atoms with Crippen molar-refractivity contribution in [2.24, 2.45) is 0 Å². The fourth-order valence-electron chi connectivity index (χ4n) is 2.45. The highest BCUT2D eigenvalue weighted by Gasteiger charge is 2.04. The molecule has 2 aromatic rings. The van der Waals surface area contributed by atoms with E-state index in [1.165, 1.54) is 11.1 Å². The summed E-state index contributed by atoms with van der Waals surface area (Å²) in [4.78, 5) is 0. The number of allylic oxidation sites excluding steroid dienone is 2. The first-order valence-corrected chi connectivity index (χ1v) is 7.78. The second-order valence-corrected chi connectivity index (χ2v) is 5.26. The Kier molecular flexibility index (Phi) is 6.55. The molecule has 0 fully saturated rings. The normalized spacial score (nSPS) is 10.7. The lowest BCUT2D eigenvalue weighted by Gasteiger charge is -2.09. The fourth-order valence-corrected chi connectivity index (χ4v) is 2.45. The van der Waals surface area contributed by atoms with Crippen LogP contribution < -0.4 is 18.9 Å². The maximum absolute atomic E-state index is 5.33. The lowest BCUT2D eigenvalue weighted by Crippen LogP contribution is -1.92. The maximum atomic E-state index is 5.33. The Balaban J connectivity index is 1.97. The van der Waals surface area contributed by atoms with Crippen LogP contribution in [0.25, 0.3) is 0 Å². The van der Waals surface area contributed by atoms with Crippen LogP contribution in [0.4, 0.5) is 0 Å². The van der Waals surface area contributed by atoms with Gasteiger partial charge >= 0.3 is 0 Å². The predicted octanol–water partition coefficient (Wildman–Crippen LogP) is 4.06. The van der Waals surface area contributed by atoms with Crippen LogP contribution in [0.15, 0.2) is 48.6 Å². The first-order valence-electron chi connectivity index (χ1n) is 7.78. The summed E-state index contributed by atoms with van der Waals surface area (Å²) in [6.07, 6.45) is 5.98. The van der Waals surface area contributed by atoms with Gasteiger partial charge in [-0.25, -0.2) is 0 Å². The van der Waals surface area contributed by atoms with E-state index in [9.17, 15) is 0 Å². The number of ether oxygens (including phenoxy) is 4. The van der Waals surface area contributed by atoms with Gasteiger partial charge in [0.2, 0.25) is 0 Å². The molecule has 0 saturated heterocycles. The Morgan fingerprint density at radius 1 is 0.583 bits per heavy atom. The summed E-state index contributed by atoms with van der Waals surface area (Å²) in [5.41, 5.74) is 2.35. The summed E-state index contributed by atoms with van der Waals surface area (Å²) in [6.45, 7) is 0. The highest BCUT2D eigenvalue weighted by atomic mass is 16.5. The molecule has 0 aliphatic carbocycles. The second-order valence-electron chi connectivity index (χ2n) is 5.26. The van der Waals surface area contributed by atoms with Gasteiger partial charge in [-0.3, -0.25) is 0 Å². The van der Waals surface area contributed by atoms with Gasteiger partial charge in [-0.05, 0) is 48.2 Å². The van der Waals surface area contributed by atoms with Crippen molar-refractivity contribution in [3.63, 3.8) is 0 Å². The zero-order chi connectivity index (χ0) is 17.4. The van der Waals surface area contributed by atoms with Crippen molar-refractivity contribution in [1.82, 2.24) is 0 Å². The quantitative estimate of drug-likeness (QED) is 0.685. The molecule has 0 amide bonds. The average molecular weight is 328 g/mol. The largest absolute Gasteiger partial charge is 0.493 e. The van der Waals surface area contributed by atoms with Crippen molar-refractivity contribution in [1.29, 1.82) is 0 Å². The second kappa shape index (κ2) is 8.87. The summed E-state index contributed by atoms with van der Waals surface area (Å²) < 4.78 is 21.2. The summed E-state index contributed by atoms with van der Waals surface area (Å²) in [5.74, 6) is 3.00. The van der Waals surface area contributed by atoms with E-state index in [4.69, 9.17) is 18.9 Å². The van der Waals surface area contributed by atoms with Crippen LogP contribution in [0.5, 0.6) is 23.0 Å². The molecule has 0 aliphatic rings. The molecule has 0 saturated carbocycles. The van der Waals surface area contributed by atoms with Crippen molar-refractivity contribution in [2.45, 2.75) is 12.8 Å². The molecule has 0 spiro atoms. The minimum atomic E-state index is 0.746. The van der Waals surface area contributed by atoms with Crippen LogP contribution in [0, 0.1) is 0 Å². The summed E-state index contributed by atoms with van der Waals surface area (Å²) >= 11 is 0. The van der Waals surface area contributed by atoms with E-state index in [1.807, 2.05) is 36.4 Å². The number of rotatable bonds is 8. The average Bonchev–Trinajstić information content (AvgIpc) is 2.64. The van der Waals surface area contributed by atoms with Crippen LogP contribution in [0.1, 0.15) is 11.1 Å². The van der Waals surface area contributed by atoms with E-state index in [0.717, 1.165) is 35.8 Å². The number of hydrogen-bond donors (Lipinski definition) is 0. The molecule has 0 atom stereocenters. The highest BCUT2D eigenvalue weighted by Crippen LogP contribution is 2.29. The molecule has 0 unspecified atom stereocenters. The lowest BCUT2D eigenvalue weighted by atomic mass is 10.1. The molecule has 2 rings (SSSR count). The summed E-state index contributed by atoms with van der Waals surface area (Å²) in [5, 5.41) is 0. The molecule has 0 aromatic heterocycles. The van der Waals surface area contributed by atoms with Gasteiger partial charge in [0.1, 0.15) is 0 Å². The van der Waals surface area contributed by atoms with Gasteiger partial charge in [0.25, 0.3) is 0 Å². The van der Waals surface area contributed by atoms with E-state index in [2.05, 4.69) is 12.2 Å². The van der Waals surface area contributed by atoms with Gasteiger partial charge in [-0.15, -0.1) is 0 Å². The van der Waals surface area contributed by atoms with E-state index < -0.39 is 0 Å². The molecular formula is C20H24O4. The van der Waals surface area contributed by atoms with Gasteiger partial charge in [0.05, 0.1) is 28.4 Å². The lowest BCUT2D eigenvalue weighted by molar-refractivity contribution is 0.354. The fraction of sp³-hybridized carbons (Fsp3) is 0.300. The molecule has 4 heteroatoms. The molecule has 0 N–H and O–H groups in total. The molecule has 2 aromatic carbocycles. The zero-order valence-corrected chi connectivity index (χ0v) is 14.7. The van der Waals surface area contributed by atoms with Crippen LogP contribution in [0.2, 0.25) is 0 Å². The smallest absolute Gasteiger partial charge is 0.160 e. The van der Waals surface area contributed by atoms with Crippen molar-refractivity contribution < 1.29 is 18.9 Å². The Morgan fingerprint density at radius 3 is 1.29 bits per heavy atom. The molecule has 0 radical (unpaired) electrons. The summed E-state index contributed by atoms with van der Waals surface area (Å²) in [7, 11) is 6.57. The van der Waals surface area contributed by atoms with Gasteiger partial charge in [0.15, 0.2) is 23.0 Å². The molecular weight excluding hydrogens is 304 g/mol. The SMILES string of the molecule is COc1ccc(C/C=C\Cc2ccc(OC)c(OC)c2)cc1OC. The summed E-state index contributed by atoms with van der Waals surface area (Å²) in [6, 6.07) is 11.9. The molecule has 0 heterocycles. The van der Waals surface area contributed by atoms with Gasteiger partial charge in [-0.1, -0.05) is 24.3 Å². The van der Waals surface area contributed by atoms with Gasteiger partial charge in [-0.2, -0.15) is 0 Å². The van der Waals surface area contributed by atoms with E-state index in [0.29, 0.717) is 0 Å². The first kappa shape index (κ1) is 17.7. The zero-order valence-electron chi connectivity index (χ0n) is 14.7. The van der Waals surface area contributed by atoms with Crippen molar-refractivity contribution in [3.05, 3.63) is 59.7 Å². The molecule has 24 heavy (non-hydrogen) atoms. The molecule has 4 nitrogen and oxygen atoms in total. The van der Waals surface area contributed by atoms with E-state index >= 15 is 0 Å². The van der Waals surface area contributed by atoms with E-state index in [1.54, 1.807) is 28.4 Å². The first-order chi connectivity index (χ1) is 11.7. The topological polar surface area (TPSA) is 36.9 Å². The van der Waals surface area contributed by atoms with Crippen molar-refractivity contribution >= 4 is 0 Å². The number of hydrogen-bond acceptors (Lipinski definition) is 4. The minimum absolute atomic E-state index is 0.746. The third-order valence-corrected chi connectivity index (χ3v) is 3.77. The van der Waals surface area contributed by atoms with E-state index in [-0.39, 0.29) is 0 Å². The number of methoxy groups -OCH3 is 4. The molecule has 0 bridgehead atoms. The van der Waals surface area contributed by atoms with Crippen LogP contribution >= 0.6 is 0 Å². The van der Waals surface area contributed by atoms with Crippen LogP contribution in [0.3, 0.4) is 0 Å². The predicted molar refractivity (Wildman–Crippen MR) is 95.6 cm³/mol. The third-order valence-electron chi connectivity index (χ3n) is 3.77. The van der Waals surface area contributed by atoms with Gasteiger partial charge in [0, 0.05) is 0 Å².